The maximum atomic E-state index is 12.1. The third-order valence-electron chi connectivity index (χ3n) is 4.03. The van der Waals surface area contributed by atoms with E-state index in [2.05, 4.69) is 22.5 Å². The number of anilines is 1. The molecule has 3 aromatic rings. The van der Waals surface area contributed by atoms with Crippen molar-refractivity contribution in [2.24, 2.45) is 0 Å². The van der Waals surface area contributed by atoms with Gasteiger partial charge >= 0.3 is 6.03 Å². The van der Waals surface area contributed by atoms with Crippen LogP contribution in [-0.2, 0) is 13.0 Å². The van der Waals surface area contributed by atoms with Crippen LogP contribution >= 0.6 is 22.9 Å². The third kappa shape index (κ3) is 4.42. The van der Waals surface area contributed by atoms with E-state index in [1.54, 1.807) is 11.3 Å². The second kappa shape index (κ2) is 8.34. The molecular weight excluding hydrogens is 366 g/mol. The number of hydrogen-bond acceptors (Lipinski definition) is 3. The summed E-state index contributed by atoms with van der Waals surface area (Å²) in [4.78, 5) is 17.7. The van der Waals surface area contributed by atoms with Gasteiger partial charge in [-0.2, -0.15) is 0 Å². The number of carbonyl (C=O) groups excluding carboxylic acids is 1. The van der Waals surface area contributed by atoms with Crippen LogP contribution in [0.2, 0.25) is 5.02 Å². The van der Waals surface area contributed by atoms with Gasteiger partial charge < -0.3 is 10.6 Å². The maximum absolute atomic E-state index is 12.1. The average Bonchev–Trinajstić information content (AvgIpc) is 3.01. The standard InChI is InChI=1S/C20H20ClN3OS/c1-3-14-8-10-15(11-9-14)24-20(25)22-12-18-13(2)23-19(26-18)16-6-4-5-7-17(16)21/h4-11H,3,12H2,1-2H3,(H2,22,24,25). The molecule has 0 saturated carbocycles. The molecule has 0 aliphatic heterocycles. The second-order valence-electron chi connectivity index (χ2n) is 5.87. The molecule has 0 radical (unpaired) electrons. The van der Waals surface area contributed by atoms with Crippen molar-refractivity contribution in [3.8, 4) is 10.6 Å². The summed E-state index contributed by atoms with van der Waals surface area (Å²) in [6.45, 7) is 4.46. The van der Waals surface area contributed by atoms with Gasteiger partial charge in [0.1, 0.15) is 5.01 Å². The molecule has 0 bridgehead atoms. The van der Waals surface area contributed by atoms with Crippen molar-refractivity contribution in [3.05, 3.63) is 69.7 Å². The average molecular weight is 386 g/mol. The monoisotopic (exact) mass is 385 g/mol. The summed E-state index contributed by atoms with van der Waals surface area (Å²) in [5.41, 5.74) is 3.83. The van der Waals surface area contributed by atoms with Crippen molar-refractivity contribution >= 4 is 34.7 Å². The first-order chi connectivity index (χ1) is 12.6. The normalized spacial score (nSPS) is 10.6. The lowest BCUT2D eigenvalue weighted by atomic mass is 10.1. The Bertz CT molecular complexity index is 906. The van der Waals surface area contributed by atoms with Crippen molar-refractivity contribution in [1.82, 2.24) is 10.3 Å². The Hall–Kier alpha value is -2.37. The quantitative estimate of drug-likeness (QED) is 0.595. The van der Waals surface area contributed by atoms with Crippen LogP contribution in [0, 0.1) is 6.92 Å². The number of benzene rings is 2. The van der Waals surface area contributed by atoms with Gasteiger partial charge in [-0.3, -0.25) is 0 Å². The lowest BCUT2D eigenvalue weighted by Gasteiger charge is -2.07. The zero-order valence-electron chi connectivity index (χ0n) is 14.7. The van der Waals surface area contributed by atoms with Crippen LogP contribution in [0.4, 0.5) is 10.5 Å². The van der Waals surface area contributed by atoms with Gasteiger partial charge in [0.15, 0.2) is 0 Å². The Morgan fingerprint density at radius 2 is 1.88 bits per heavy atom. The Morgan fingerprint density at radius 3 is 2.58 bits per heavy atom. The van der Waals surface area contributed by atoms with Gasteiger partial charge in [-0.15, -0.1) is 11.3 Å². The molecule has 0 fully saturated rings. The zero-order chi connectivity index (χ0) is 18.5. The fourth-order valence-corrected chi connectivity index (χ4v) is 3.82. The highest BCUT2D eigenvalue weighted by Gasteiger charge is 2.12. The van der Waals surface area contributed by atoms with Crippen LogP contribution < -0.4 is 10.6 Å². The van der Waals surface area contributed by atoms with E-state index in [0.29, 0.717) is 11.6 Å². The molecule has 4 nitrogen and oxygen atoms in total. The summed E-state index contributed by atoms with van der Waals surface area (Å²) in [7, 11) is 0. The van der Waals surface area contributed by atoms with E-state index in [9.17, 15) is 4.79 Å². The third-order valence-corrected chi connectivity index (χ3v) is 5.55. The predicted molar refractivity (Wildman–Crippen MR) is 109 cm³/mol. The fraction of sp³-hybridized carbons (Fsp3) is 0.200. The highest BCUT2D eigenvalue weighted by Crippen LogP contribution is 2.32. The van der Waals surface area contributed by atoms with Crippen LogP contribution in [0.5, 0.6) is 0 Å². The van der Waals surface area contributed by atoms with Crippen molar-refractivity contribution in [2.45, 2.75) is 26.8 Å². The number of nitrogens with zero attached hydrogens (tertiary/aromatic N) is 1. The van der Waals surface area contributed by atoms with Gasteiger partial charge in [-0.1, -0.05) is 48.9 Å². The predicted octanol–water partition coefficient (Wildman–Crippen LogP) is 5.66. The van der Waals surface area contributed by atoms with Crippen molar-refractivity contribution in [2.75, 3.05) is 5.32 Å². The van der Waals surface area contributed by atoms with Gasteiger partial charge in [0, 0.05) is 16.1 Å². The number of aryl methyl sites for hydroxylation is 2. The van der Waals surface area contributed by atoms with E-state index in [0.717, 1.165) is 33.3 Å². The summed E-state index contributed by atoms with van der Waals surface area (Å²) in [5, 5.41) is 7.26. The molecule has 0 aliphatic rings. The molecule has 26 heavy (non-hydrogen) atoms. The minimum atomic E-state index is -0.235. The lowest BCUT2D eigenvalue weighted by molar-refractivity contribution is 0.252. The molecule has 134 valence electrons. The first kappa shape index (κ1) is 18.4. The summed E-state index contributed by atoms with van der Waals surface area (Å²) in [6, 6.07) is 15.2. The molecule has 1 heterocycles. The summed E-state index contributed by atoms with van der Waals surface area (Å²) in [5.74, 6) is 0. The van der Waals surface area contributed by atoms with E-state index in [4.69, 9.17) is 11.6 Å². The smallest absolute Gasteiger partial charge is 0.319 e. The van der Waals surface area contributed by atoms with Crippen LogP contribution in [0.1, 0.15) is 23.1 Å². The number of thiazole rings is 1. The first-order valence-electron chi connectivity index (χ1n) is 8.42. The van der Waals surface area contributed by atoms with E-state index in [1.807, 2.05) is 55.5 Å². The molecule has 0 aliphatic carbocycles. The number of rotatable bonds is 5. The largest absolute Gasteiger partial charge is 0.333 e. The van der Waals surface area contributed by atoms with Crippen LogP contribution in [0.25, 0.3) is 10.6 Å². The number of urea groups is 1. The highest BCUT2D eigenvalue weighted by molar-refractivity contribution is 7.15. The van der Waals surface area contributed by atoms with Gasteiger partial charge in [0.25, 0.3) is 0 Å². The van der Waals surface area contributed by atoms with Crippen molar-refractivity contribution in [1.29, 1.82) is 0 Å². The molecular formula is C20H20ClN3OS. The molecule has 3 rings (SSSR count). The molecule has 0 atom stereocenters. The number of nitrogens with one attached hydrogen (secondary N) is 2. The van der Waals surface area contributed by atoms with Crippen LogP contribution in [0.15, 0.2) is 48.5 Å². The molecule has 1 aromatic heterocycles. The molecule has 2 aromatic carbocycles. The zero-order valence-corrected chi connectivity index (χ0v) is 16.2. The SMILES string of the molecule is CCc1ccc(NC(=O)NCc2sc(-c3ccccc3Cl)nc2C)cc1. The lowest BCUT2D eigenvalue weighted by Crippen LogP contribution is -2.28. The number of carbonyl (C=O) groups is 1. The van der Waals surface area contributed by atoms with E-state index in [1.165, 1.54) is 5.56 Å². The first-order valence-corrected chi connectivity index (χ1v) is 9.61. The minimum Gasteiger partial charge on any atom is -0.333 e. The molecule has 0 spiro atoms. The molecule has 0 saturated heterocycles. The van der Waals surface area contributed by atoms with Crippen LogP contribution in [0.3, 0.4) is 0 Å². The number of amides is 2. The van der Waals surface area contributed by atoms with E-state index >= 15 is 0 Å². The Kier molecular flexibility index (Phi) is 5.91. The maximum Gasteiger partial charge on any atom is 0.319 e. The Balaban J connectivity index is 1.62. The Morgan fingerprint density at radius 1 is 1.15 bits per heavy atom. The number of hydrogen-bond donors (Lipinski definition) is 2. The van der Waals surface area contributed by atoms with Gasteiger partial charge in [0.05, 0.1) is 17.3 Å². The molecule has 0 unspecified atom stereocenters. The number of halogens is 1. The Labute approximate surface area is 162 Å². The summed E-state index contributed by atoms with van der Waals surface area (Å²) < 4.78 is 0. The second-order valence-corrected chi connectivity index (χ2v) is 7.36. The van der Waals surface area contributed by atoms with Crippen molar-refractivity contribution in [3.63, 3.8) is 0 Å². The summed E-state index contributed by atoms with van der Waals surface area (Å²) >= 11 is 7.79. The van der Waals surface area contributed by atoms with Crippen LogP contribution in [-0.4, -0.2) is 11.0 Å². The summed E-state index contributed by atoms with van der Waals surface area (Å²) in [6.07, 6.45) is 0.977. The molecule has 2 amide bonds. The van der Waals surface area contributed by atoms with Gasteiger partial charge in [-0.25, -0.2) is 9.78 Å². The van der Waals surface area contributed by atoms with E-state index in [-0.39, 0.29) is 6.03 Å². The topological polar surface area (TPSA) is 54.0 Å². The minimum absolute atomic E-state index is 0.235. The number of aromatic nitrogens is 1. The van der Waals surface area contributed by atoms with Crippen molar-refractivity contribution < 1.29 is 4.79 Å². The highest BCUT2D eigenvalue weighted by atomic mass is 35.5. The van der Waals surface area contributed by atoms with Gasteiger partial charge in [-0.05, 0) is 37.1 Å². The van der Waals surface area contributed by atoms with E-state index < -0.39 is 0 Å². The molecule has 2 N–H and O–H groups in total. The van der Waals surface area contributed by atoms with Gasteiger partial charge in [0.2, 0.25) is 0 Å². The molecule has 6 heteroatoms. The fourth-order valence-electron chi connectivity index (χ4n) is 2.50.